The van der Waals surface area contributed by atoms with Crippen molar-refractivity contribution < 1.29 is 14.3 Å². The van der Waals surface area contributed by atoms with Gasteiger partial charge in [0.25, 0.3) is 0 Å². The summed E-state index contributed by atoms with van der Waals surface area (Å²) < 4.78 is 4.54. The summed E-state index contributed by atoms with van der Waals surface area (Å²) in [7, 11) is 0. The normalized spacial score (nSPS) is 15.6. The molecule has 0 amide bonds. The molecular formula is C6H15Cl2O3P. The Morgan fingerprint density at radius 3 is 2.17 bits per heavy atom. The topological polar surface area (TPSA) is 49.7 Å². The molecule has 0 saturated carbocycles. The van der Waals surface area contributed by atoms with Crippen LogP contribution in [-0.4, -0.2) is 16.4 Å². The standard InChI is InChI=1S/C6H15Cl2O3P/c1-2-3-4-5-6-11-12(7,8,9)10/h9-10H,2-6H2,1H3. The first-order valence-corrected chi connectivity index (χ1v) is 7.79. The molecule has 76 valence electrons. The van der Waals surface area contributed by atoms with Gasteiger partial charge >= 0.3 is 82.0 Å². The fraction of sp³-hybridized carbons (Fsp3) is 1.00. The second kappa shape index (κ2) is 4.94. The Hall–Kier alpha value is 0.890. The van der Waals surface area contributed by atoms with Crippen molar-refractivity contribution in [3.63, 3.8) is 0 Å². The van der Waals surface area contributed by atoms with Gasteiger partial charge in [0.05, 0.1) is 0 Å². The molecule has 0 aliphatic carbocycles. The van der Waals surface area contributed by atoms with E-state index in [1.807, 2.05) is 0 Å². The summed E-state index contributed by atoms with van der Waals surface area (Å²) in [5, 5.41) is 0. The molecule has 0 bridgehead atoms. The molecule has 2 N–H and O–H groups in total. The van der Waals surface area contributed by atoms with Crippen LogP contribution in [0.1, 0.15) is 32.6 Å². The van der Waals surface area contributed by atoms with Crippen LogP contribution in [-0.2, 0) is 4.52 Å². The van der Waals surface area contributed by atoms with Gasteiger partial charge in [0, 0.05) is 0 Å². The van der Waals surface area contributed by atoms with Crippen LogP contribution in [0.2, 0.25) is 0 Å². The first-order valence-electron chi connectivity index (χ1n) is 3.92. The Morgan fingerprint density at radius 1 is 1.17 bits per heavy atom. The van der Waals surface area contributed by atoms with E-state index >= 15 is 0 Å². The monoisotopic (exact) mass is 236 g/mol. The van der Waals surface area contributed by atoms with Crippen LogP contribution in [0.4, 0.5) is 0 Å². The Morgan fingerprint density at radius 2 is 1.75 bits per heavy atom. The zero-order chi connectivity index (χ0) is 9.69. The number of halogens is 2. The Bertz CT molecular complexity index is 125. The second-order valence-corrected chi connectivity index (χ2v) is 8.60. The van der Waals surface area contributed by atoms with Crippen LogP contribution >= 0.6 is 28.5 Å². The molecule has 0 heterocycles. The third kappa shape index (κ3) is 10.9. The van der Waals surface area contributed by atoms with Crippen molar-refractivity contribution in [1.29, 1.82) is 0 Å². The van der Waals surface area contributed by atoms with E-state index < -0.39 is 5.99 Å². The predicted octanol–water partition coefficient (Wildman–Crippen LogP) is 3.17. The number of hydrogen-bond donors (Lipinski definition) is 2. The molecule has 0 radical (unpaired) electrons. The molecule has 6 heteroatoms. The third-order valence-corrected chi connectivity index (χ3v) is 2.50. The van der Waals surface area contributed by atoms with E-state index in [1.165, 1.54) is 0 Å². The molecule has 0 aromatic heterocycles. The molecule has 0 unspecified atom stereocenters. The van der Waals surface area contributed by atoms with Gasteiger partial charge in [-0.15, -0.1) is 0 Å². The second-order valence-electron chi connectivity index (χ2n) is 2.65. The van der Waals surface area contributed by atoms with E-state index in [0.717, 1.165) is 25.7 Å². The Kier molecular flexibility index (Phi) is 5.31. The van der Waals surface area contributed by atoms with Gasteiger partial charge in [0.1, 0.15) is 0 Å². The van der Waals surface area contributed by atoms with Crippen molar-refractivity contribution in [2.24, 2.45) is 0 Å². The summed E-state index contributed by atoms with van der Waals surface area (Å²) in [4.78, 5) is 17.7. The van der Waals surface area contributed by atoms with E-state index in [9.17, 15) is 0 Å². The van der Waals surface area contributed by atoms with Crippen molar-refractivity contribution in [1.82, 2.24) is 0 Å². The zero-order valence-corrected chi connectivity index (χ0v) is 9.45. The molecule has 0 aliphatic heterocycles. The summed E-state index contributed by atoms with van der Waals surface area (Å²) in [5.74, 6) is -4.73. The maximum absolute atomic E-state index is 8.83. The molecule has 3 nitrogen and oxygen atoms in total. The van der Waals surface area contributed by atoms with Crippen LogP contribution in [0.3, 0.4) is 0 Å². The summed E-state index contributed by atoms with van der Waals surface area (Å²) >= 11 is 10.2. The summed E-state index contributed by atoms with van der Waals surface area (Å²) in [6, 6.07) is 0. The minimum absolute atomic E-state index is 0.192. The Balaban J connectivity index is 3.32. The summed E-state index contributed by atoms with van der Waals surface area (Å²) in [6.07, 6.45) is 3.94. The van der Waals surface area contributed by atoms with Crippen molar-refractivity contribution >= 4 is 28.5 Å². The maximum atomic E-state index is 8.83. The zero-order valence-electron chi connectivity index (χ0n) is 7.04. The average Bonchev–Trinajstić information content (AvgIpc) is 1.83. The molecule has 0 aliphatic rings. The van der Waals surface area contributed by atoms with Gasteiger partial charge in [-0.05, 0) is 0 Å². The molecule has 0 fully saturated rings. The van der Waals surface area contributed by atoms with Gasteiger partial charge in [-0.3, -0.25) is 0 Å². The van der Waals surface area contributed by atoms with Crippen molar-refractivity contribution in [3.05, 3.63) is 0 Å². The molecule has 0 aromatic rings. The summed E-state index contributed by atoms with van der Waals surface area (Å²) in [5.41, 5.74) is 0. The fourth-order valence-electron chi connectivity index (χ4n) is 0.744. The van der Waals surface area contributed by atoms with E-state index in [4.69, 9.17) is 32.3 Å². The number of unbranched alkanes of at least 4 members (excludes halogenated alkanes) is 3. The SMILES string of the molecule is CCCCCCOP(O)(O)(Cl)Cl. The van der Waals surface area contributed by atoms with E-state index in [1.54, 1.807) is 0 Å². The quantitative estimate of drug-likeness (QED) is 0.551. The van der Waals surface area contributed by atoms with Crippen LogP contribution in [0.25, 0.3) is 0 Å². The number of hydrogen-bond acceptors (Lipinski definition) is 3. The minimum atomic E-state index is -4.73. The first-order chi connectivity index (χ1) is 5.31. The van der Waals surface area contributed by atoms with Gasteiger partial charge in [-0.1, -0.05) is 0 Å². The fourth-order valence-corrected chi connectivity index (χ4v) is 1.59. The van der Waals surface area contributed by atoms with Gasteiger partial charge in [-0.25, -0.2) is 0 Å². The van der Waals surface area contributed by atoms with E-state index in [2.05, 4.69) is 11.4 Å². The van der Waals surface area contributed by atoms with Gasteiger partial charge in [0.15, 0.2) is 0 Å². The molecular weight excluding hydrogens is 222 g/mol. The predicted molar refractivity (Wildman–Crippen MR) is 53.2 cm³/mol. The average molecular weight is 237 g/mol. The molecule has 12 heavy (non-hydrogen) atoms. The van der Waals surface area contributed by atoms with E-state index in [0.29, 0.717) is 0 Å². The molecule has 0 atom stereocenters. The van der Waals surface area contributed by atoms with Crippen LogP contribution in [0.15, 0.2) is 0 Å². The molecule has 0 spiro atoms. The summed E-state index contributed by atoms with van der Waals surface area (Å²) in [6.45, 7) is 2.28. The van der Waals surface area contributed by atoms with E-state index in [-0.39, 0.29) is 6.61 Å². The van der Waals surface area contributed by atoms with Crippen molar-refractivity contribution in [2.45, 2.75) is 32.6 Å². The van der Waals surface area contributed by atoms with Crippen LogP contribution in [0, 0.1) is 0 Å². The van der Waals surface area contributed by atoms with Gasteiger partial charge in [-0.2, -0.15) is 0 Å². The first kappa shape index (κ1) is 12.9. The van der Waals surface area contributed by atoms with Crippen molar-refractivity contribution in [2.75, 3.05) is 6.61 Å². The van der Waals surface area contributed by atoms with Gasteiger partial charge in [0.2, 0.25) is 0 Å². The Labute approximate surface area is 82.4 Å². The van der Waals surface area contributed by atoms with Crippen LogP contribution < -0.4 is 0 Å². The van der Waals surface area contributed by atoms with Crippen LogP contribution in [0.5, 0.6) is 0 Å². The molecule has 0 saturated heterocycles. The molecule has 0 aromatic carbocycles. The van der Waals surface area contributed by atoms with Gasteiger partial charge < -0.3 is 0 Å². The van der Waals surface area contributed by atoms with Crippen molar-refractivity contribution in [3.8, 4) is 0 Å². The number of rotatable bonds is 6. The third-order valence-electron chi connectivity index (χ3n) is 1.30. The molecule has 0 rings (SSSR count).